The molecule has 21 heavy (non-hydrogen) atoms. The second-order valence-electron chi connectivity index (χ2n) is 6.58. The van der Waals surface area contributed by atoms with Crippen molar-refractivity contribution in [3.05, 3.63) is 29.8 Å². The van der Waals surface area contributed by atoms with Crippen molar-refractivity contribution in [1.29, 1.82) is 0 Å². The van der Waals surface area contributed by atoms with E-state index < -0.39 is 5.60 Å². The summed E-state index contributed by atoms with van der Waals surface area (Å²) in [5.74, 6) is 0.763. The summed E-state index contributed by atoms with van der Waals surface area (Å²) in [6.07, 6.45) is 3.77. The number of aliphatic hydroxyl groups is 1. The molecule has 1 atom stereocenters. The van der Waals surface area contributed by atoms with E-state index in [0.717, 1.165) is 38.8 Å². The number of ether oxygens (including phenoxy) is 1. The van der Waals surface area contributed by atoms with Crippen LogP contribution in [0.25, 0.3) is 0 Å². The molecule has 1 amide bonds. The van der Waals surface area contributed by atoms with Crippen LogP contribution in [0.1, 0.15) is 43.0 Å². The van der Waals surface area contributed by atoms with E-state index in [4.69, 9.17) is 4.74 Å². The second-order valence-corrected chi connectivity index (χ2v) is 6.58. The molecule has 4 nitrogen and oxygen atoms in total. The fourth-order valence-corrected chi connectivity index (χ4v) is 3.71. The number of amides is 1. The van der Waals surface area contributed by atoms with Crippen LogP contribution in [0.15, 0.2) is 24.3 Å². The van der Waals surface area contributed by atoms with E-state index in [9.17, 15) is 9.90 Å². The number of hydrogen-bond donors (Lipinski definition) is 1. The van der Waals surface area contributed by atoms with Crippen molar-refractivity contribution in [3.8, 4) is 5.75 Å². The number of carbonyl (C=O) groups is 1. The molecule has 114 valence electrons. The molecule has 1 heterocycles. The minimum absolute atomic E-state index is 0.0398. The molecule has 1 aromatic rings. The van der Waals surface area contributed by atoms with Gasteiger partial charge in [-0.05, 0) is 50.8 Å². The fraction of sp³-hybridized carbons (Fsp3) is 0.588. The third-order valence-corrected chi connectivity index (χ3v) is 5.56. The van der Waals surface area contributed by atoms with Crippen LogP contribution in [-0.4, -0.2) is 41.7 Å². The van der Waals surface area contributed by atoms with Gasteiger partial charge in [0.15, 0.2) is 0 Å². The van der Waals surface area contributed by atoms with Gasteiger partial charge in [-0.1, -0.05) is 6.07 Å². The van der Waals surface area contributed by atoms with Gasteiger partial charge < -0.3 is 14.7 Å². The largest absolute Gasteiger partial charge is 0.497 e. The van der Waals surface area contributed by atoms with Gasteiger partial charge >= 0.3 is 0 Å². The average Bonchev–Trinajstić information content (AvgIpc) is 2.53. The first-order valence-electron chi connectivity index (χ1n) is 7.63. The van der Waals surface area contributed by atoms with Crippen molar-refractivity contribution in [2.45, 2.75) is 38.2 Å². The van der Waals surface area contributed by atoms with Gasteiger partial charge in [-0.2, -0.15) is 0 Å². The zero-order valence-electron chi connectivity index (χ0n) is 12.8. The lowest BCUT2D eigenvalue weighted by atomic mass is 9.53. The van der Waals surface area contributed by atoms with Gasteiger partial charge in [0.25, 0.3) is 5.91 Å². The first kappa shape index (κ1) is 14.4. The van der Waals surface area contributed by atoms with Gasteiger partial charge in [0.05, 0.1) is 12.7 Å². The number of piperidine rings is 1. The van der Waals surface area contributed by atoms with Gasteiger partial charge in [0, 0.05) is 24.1 Å². The molecule has 1 N–H and O–H groups in total. The van der Waals surface area contributed by atoms with Crippen molar-refractivity contribution in [2.24, 2.45) is 5.41 Å². The zero-order valence-corrected chi connectivity index (χ0v) is 12.8. The minimum atomic E-state index is -0.544. The van der Waals surface area contributed by atoms with Gasteiger partial charge in [-0.25, -0.2) is 0 Å². The predicted molar refractivity (Wildman–Crippen MR) is 80.4 cm³/mol. The van der Waals surface area contributed by atoms with E-state index in [0.29, 0.717) is 11.3 Å². The average molecular weight is 289 g/mol. The number of hydrogen-bond acceptors (Lipinski definition) is 3. The van der Waals surface area contributed by atoms with Crippen LogP contribution < -0.4 is 4.74 Å². The molecule has 1 saturated heterocycles. The highest BCUT2D eigenvalue weighted by Gasteiger charge is 2.55. The Balaban J connectivity index is 1.68. The molecule has 1 aliphatic heterocycles. The Morgan fingerprint density at radius 3 is 2.48 bits per heavy atom. The van der Waals surface area contributed by atoms with Crippen LogP contribution >= 0.6 is 0 Å². The van der Waals surface area contributed by atoms with Crippen LogP contribution in [0, 0.1) is 5.41 Å². The highest BCUT2D eigenvalue weighted by Crippen LogP contribution is 2.56. The van der Waals surface area contributed by atoms with Gasteiger partial charge in [0.1, 0.15) is 5.75 Å². The number of benzene rings is 1. The molecule has 0 aromatic heterocycles. The maximum Gasteiger partial charge on any atom is 0.253 e. The summed E-state index contributed by atoms with van der Waals surface area (Å²) in [6.45, 7) is 3.40. The standard InChI is InChI=1S/C17H23NO3/c1-16(20)6-7-17(16)8-10-18(11-9-17)15(19)13-4-3-5-14(12-13)21-2/h3-5,12,20H,6-11H2,1-2H3. The van der Waals surface area contributed by atoms with Gasteiger partial charge in [-0.3, -0.25) is 4.79 Å². The summed E-state index contributed by atoms with van der Waals surface area (Å²) in [5.41, 5.74) is 0.168. The Bertz CT molecular complexity index is 545. The molecule has 0 radical (unpaired) electrons. The number of methoxy groups -OCH3 is 1. The number of likely N-dealkylation sites (tertiary alicyclic amines) is 1. The van der Waals surface area contributed by atoms with Crippen molar-refractivity contribution >= 4 is 5.91 Å². The number of carbonyl (C=O) groups excluding carboxylic acids is 1. The molecule has 1 saturated carbocycles. The smallest absolute Gasteiger partial charge is 0.253 e. The zero-order chi connectivity index (χ0) is 15.1. The Hall–Kier alpha value is -1.55. The monoisotopic (exact) mass is 289 g/mol. The Morgan fingerprint density at radius 1 is 1.24 bits per heavy atom. The summed E-state index contributed by atoms with van der Waals surface area (Å²) >= 11 is 0. The Labute approximate surface area is 125 Å². The predicted octanol–water partition coefficient (Wildman–Crippen LogP) is 2.46. The van der Waals surface area contributed by atoms with Crippen LogP contribution in [0.4, 0.5) is 0 Å². The van der Waals surface area contributed by atoms with E-state index in [1.165, 1.54) is 0 Å². The first-order chi connectivity index (χ1) is 9.97. The third-order valence-electron chi connectivity index (χ3n) is 5.56. The molecule has 1 aliphatic carbocycles. The minimum Gasteiger partial charge on any atom is -0.497 e. The summed E-state index contributed by atoms with van der Waals surface area (Å²) in [5, 5.41) is 10.4. The van der Waals surface area contributed by atoms with E-state index in [2.05, 4.69) is 0 Å². The fourth-order valence-electron chi connectivity index (χ4n) is 3.71. The van der Waals surface area contributed by atoms with Crippen molar-refractivity contribution in [3.63, 3.8) is 0 Å². The molecule has 4 heteroatoms. The summed E-state index contributed by atoms with van der Waals surface area (Å²) in [7, 11) is 1.60. The summed E-state index contributed by atoms with van der Waals surface area (Å²) in [4.78, 5) is 14.5. The number of nitrogens with zero attached hydrogens (tertiary/aromatic N) is 1. The van der Waals surface area contributed by atoms with Crippen LogP contribution in [0.5, 0.6) is 5.75 Å². The molecule has 0 bridgehead atoms. The molecular formula is C17H23NO3. The van der Waals surface area contributed by atoms with E-state index in [1.807, 2.05) is 30.0 Å². The van der Waals surface area contributed by atoms with Crippen LogP contribution in [0.2, 0.25) is 0 Å². The lowest BCUT2D eigenvalue weighted by Gasteiger charge is -2.58. The molecule has 1 spiro atoms. The highest BCUT2D eigenvalue weighted by molar-refractivity contribution is 5.94. The number of rotatable bonds is 2. The third kappa shape index (κ3) is 2.31. The molecule has 1 aromatic carbocycles. The quantitative estimate of drug-likeness (QED) is 0.910. The van der Waals surface area contributed by atoms with E-state index >= 15 is 0 Å². The molecular weight excluding hydrogens is 266 g/mol. The maximum absolute atomic E-state index is 12.6. The molecule has 3 rings (SSSR count). The molecule has 2 fully saturated rings. The van der Waals surface area contributed by atoms with Crippen molar-refractivity contribution in [2.75, 3.05) is 20.2 Å². The summed E-state index contributed by atoms with van der Waals surface area (Å²) in [6, 6.07) is 7.29. The lowest BCUT2D eigenvalue weighted by Crippen LogP contribution is -2.60. The molecule has 1 unspecified atom stereocenters. The van der Waals surface area contributed by atoms with Gasteiger partial charge in [0.2, 0.25) is 0 Å². The van der Waals surface area contributed by atoms with Crippen molar-refractivity contribution < 1.29 is 14.6 Å². The van der Waals surface area contributed by atoms with Crippen LogP contribution in [0.3, 0.4) is 0 Å². The maximum atomic E-state index is 12.6. The SMILES string of the molecule is COc1cccc(C(=O)N2CCC3(CC2)CCC3(C)O)c1. The van der Waals surface area contributed by atoms with E-state index in [-0.39, 0.29) is 11.3 Å². The topological polar surface area (TPSA) is 49.8 Å². The first-order valence-corrected chi connectivity index (χ1v) is 7.63. The normalized spacial score (nSPS) is 27.3. The van der Waals surface area contributed by atoms with Gasteiger partial charge in [-0.15, -0.1) is 0 Å². The summed E-state index contributed by atoms with van der Waals surface area (Å²) < 4.78 is 5.18. The van der Waals surface area contributed by atoms with Crippen molar-refractivity contribution in [1.82, 2.24) is 4.90 Å². The second kappa shape index (κ2) is 5.02. The highest BCUT2D eigenvalue weighted by atomic mass is 16.5. The Morgan fingerprint density at radius 2 is 1.95 bits per heavy atom. The Kier molecular flexibility index (Phi) is 3.44. The molecule has 2 aliphatic rings. The lowest BCUT2D eigenvalue weighted by molar-refractivity contribution is -0.174. The van der Waals surface area contributed by atoms with Crippen LogP contribution in [-0.2, 0) is 0 Å². The van der Waals surface area contributed by atoms with E-state index in [1.54, 1.807) is 13.2 Å².